The number of nitrogens with one attached hydrogen (secondary N) is 1. The number of rotatable bonds is 10. The van der Waals surface area contributed by atoms with E-state index >= 15 is 0 Å². The van der Waals surface area contributed by atoms with Gasteiger partial charge < -0.3 is 4.74 Å². The Balaban J connectivity index is 1.61. The maximum absolute atomic E-state index is 12.2. The molecule has 30 heavy (non-hydrogen) atoms. The lowest BCUT2D eigenvalue weighted by atomic mass is 10.3. The number of hydrogen-bond donors (Lipinski definition) is 1. The molecule has 2 heterocycles. The van der Waals surface area contributed by atoms with Crippen LogP contribution in [0.1, 0.15) is 17.8 Å². The summed E-state index contributed by atoms with van der Waals surface area (Å²) in [5, 5.41) is 21.9. The number of aromatic nitrogens is 5. The Morgan fingerprint density at radius 2 is 2.17 bits per heavy atom. The number of aryl methyl sites for hydroxylation is 1. The Labute approximate surface area is 191 Å². The van der Waals surface area contributed by atoms with Crippen molar-refractivity contribution in [3.8, 4) is 5.75 Å². The molecule has 158 valence electrons. The monoisotopic (exact) mass is 484 g/mol. The summed E-state index contributed by atoms with van der Waals surface area (Å²) in [4.78, 5) is 12.2. The minimum absolute atomic E-state index is 0.152. The molecule has 3 aromatic rings. The average Bonchev–Trinajstić information content (AvgIpc) is 3.33. The van der Waals surface area contributed by atoms with E-state index in [0.717, 1.165) is 11.4 Å². The van der Waals surface area contributed by atoms with E-state index in [1.165, 1.54) is 23.1 Å². The van der Waals surface area contributed by atoms with E-state index in [-0.39, 0.29) is 18.3 Å². The summed E-state index contributed by atoms with van der Waals surface area (Å²) >= 11 is 14.7. The van der Waals surface area contributed by atoms with Gasteiger partial charge in [0.2, 0.25) is 11.0 Å². The molecule has 0 spiro atoms. The summed E-state index contributed by atoms with van der Waals surface area (Å²) in [5.74, 6) is 1.03. The van der Waals surface area contributed by atoms with Gasteiger partial charge in [-0.25, -0.2) is 0 Å². The van der Waals surface area contributed by atoms with Crippen LogP contribution in [-0.4, -0.2) is 36.6 Å². The number of anilines is 1. The molecule has 0 aliphatic rings. The molecule has 0 aliphatic carbocycles. The first kappa shape index (κ1) is 22.5. The lowest BCUT2D eigenvalue weighted by molar-refractivity contribution is -0.113. The second-order valence-corrected chi connectivity index (χ2v) is 8.70. The molecule has 0 saturated heterocycles. The molecule has 1 aromatic carbocycles. The third-order valence-corrected chi connectivity index (χ3v) is 6.18. The van der Waals surface area contributed by atoms with Crippen molar-refractivity contribution in [1.29, 1.82) is 0 Å². The van der Waals surface area contributed by atoms with Gasteiger partial charge in [-0.2, -0.15) is 0 Å². The zero-order valence-electron chi connectivity index (χ0n) is 16.0. The van der Waals surface area contributed by atoms with Crippen LogP contribution in [0.3, 0.4) is 0 Å². The van der Waals surface area contributed by atoms with Crippen LogP contribution in [0.25, 0.3) is 0 Å². The SMILES string of the molecule is C=CCn1c(COc2ccc(Cl)cc2Cl)nnc1SCC(=O)Nc1nnc(CC)s1. The van der Waals surface area contributed by atoms with Gasteiger partial charge in [-0.3, -0.25) is 14.7 Å². The lowest BCUT2D eigenvalue weighted by Crippen LogP contribution is -2.15. The Kier molecular flexibility index (Phi) is 8.08. The first-order valence-electron chi connectivity index (χ1n) is 8.86. The molecule has 1 amide bonds. The van der Waals surface area contributed by atoms with E-state index < -0.39 is 0 Å². The predicted molar refractivity (Wildman–Crippen MR) is 120 cm³/mol. The fourth-order valence-electron chi connectivity index (χ4n) is 2.31. The van der Waals surface area contributed by atoms with Gasteiger partial charge in [-0.05, 0) is 24.6 Å². The highest BCUT2D eigenvalue weighted by atomic mass is 35.5. The summed E-state index contributed by atoms with van der Waals surface area (Å²) in [7, 11) is 0. The van der Waals surface area contributed by atoms with Gasteiger partial charge in [0.25, 0.3) is 0 Å². The summed E-state index contributed by atoms with van der Waals surface area (Å²) < 4.78 is 7.57. The average molecular weight is 485 g/mol. The minimum Gasteiger partial charge on any atom is -0.484 e. The Morgan fingerprint density at radius 1 is 1.33 bits per heavy atom. The molecule has 12 heteroatoms. The normalized spacial score (nSPS) is 10.8. The molecular weight excluding hydrogens is 467 g/mol. The second-order valence-electron chi connectivity index (χ2n) is 5.85. The Bertz CT molecular complexity index is 1040. The molecule has 8 nitrogen and oxygen atoms in total. The molecule has 2 aromatic heterocycles. The number of benzene rings is 1. The molecule has 0 atom stereocenters. The topological polar surface area (TPSA) is 94.8 Å². The van der Waals surface area contributed by atoms with E-state index in [1.807, 2.05) is 11.5 Å². The number of amides is 1. The van der Waals surface area contributed by atoms with Crippen LogP contribution in [-0.2, 0) is 24.4 Å². The first-order chi connectivity index (χ1) is 14.5. The summed E-state index contributed by atoms with van der Waals surface area (Å²) in [6.45, 7) is 6.37. The first-order valence-corrected chi connectivity index (χ1v) is 11.4. The van der Waals surface area contributed by atoms with Crippen LogP contribution in [0.4, 0.5) is 5.13 Å². The van der Waals surface area contributed by atoms with Crippen LogP contribution in [0.15, 0.2) is 36.0 Å². The van der Waals surface area contributed by atoms with E-state index in [4.69, 9.17) is 27.9 Å². The van der Waals surface area contributed by atoms with Crippen molar-refractivity contribution in [3.63, 3.8) is 0 Å². The highest BCUT2D eigenvalue weighted by Crippen LogP contribution is 2.28. The number of carbonyl (C=O) groups is 1. The number of halogens is 2. The second kappa shape index (κ2) is 10.8. The number of carbonyl (C=O) groups excluding carboxylic acids is 1. The standard InChI is InChI=1S/C18H18Cl2N6O2S2/c1-3-7-26-14(9-28-13-6-5-11(19)8-12(13)20)22-25-18(26)29-10-15(27)21-17-24-23-16(4-2)30-17/h3,5-6,8H,1,4,7,9-10H2,2H3,(H,21,24,27). The van der Waals surface area contributed by atoms with Gasteiger partial charge in [0, 0.05) is 11.6 Å². The van der Waals surface area contributed by atoms with Crippen molar-refractivity contribution in [1.82, 2.24) is 25.0 Å². The Hall–Kier alpha value is -2.14. The van der Waals surface area contributed by atoms with E-state index in [1.54, 1.807) is 24.3 Å². The van der Waals surface area contributed by atoms with Gasteiger partial charge in [0.1, 0.15) is 17.4 Å². The summed E-state index contributed by atoms with van der Waals surface area (Å²) in [6.07, 6.45) is 2.50. The largest absolute Gasteiger partial charge is 0.484 e. The highest BCUT2D eigenvalue weighted by Gasteiger charge is 2.15. The molecule has 0 aliphatic heterocycles. The number of nitrogens with zero attached hydrogens (tertiary/aromatic N) is 5. The molecule has 0 bridgehead atoms. The maximum Gasteiger partial charge on any atom is 0.236 e. The van der Waals surface area contributed by atoms with Gasteiger partial charge >= 0.3 is 0 Å². The van der Waals surface area contributed by atoms with E-state index in [2.05, 4.69) is 32.3 Å². The summed E-state index contributed by atoms with van der Waals surface area (Å²) in [6, 6.07) is 4.99. The highest BCUT2D eigenvalue weighted by molar-refractivity contribution is 7.99. The number of ether oxygens (including phenoxy) is 1. The third kappa shape index (κ3) is 5.94. The van der Waals surface area contributed by atoms with E-state index in [0.29, 0.717) is 38.5 Å². The van der Waals surface area contributed by atoms with Crippen LogP contribution < -0.4 is 10.1 Å². The lowest BCUT2D eigenvalue weighted by Gasteiger charge is -2.10. The summed E-state index contributed by atoms with van der Waals surface area (Å²) in [5.41, 5.74) is 0. The van der Waals surface area contributed by atoms with Crippen molar-refractivity contribution < 1.29 is 9.53 Å². The zero-order valence-corrected chi connectivity index (χ0v) is 19.1. The molecule has 0 fully saturated rings. The van der Waals surface area contributed by atoms with Crippen LogP contribution in [0.2, 0.25) is 10.0 Å². The van der Waals surface area contributed by atoms with Crippen LogP contribution in [0, 0.1) is 0 Å². The Morgan fingerprint density at radius 3 is 2.87 bits per heavy atom. The van der Waals surface area contributed by atoms with Crippen molar-refractivity contribution in [3.05, 3.63) is 51.7 Å². The predicted octanol–water partition coefficient (Wildman–Crippen LogP) is 4.49. The zero-order chi connectivity index (χ0) is 21.5. The molecule has 0 radical (unpaired) electrons. The van der Waals surface area contributed by atoms with Crippen LogP contribution >= 0.6 is 46.3 Å². The van der Waals surface area contributed by atoms with E-state index in [9.17, 15) is 4.79 Å². The van der Waals surface area contributed by atoms with Crippen molar-refractivity contribution >= 4 is 57.3 Å². The molecule has 0 saturated carbocycles. The van der Waals surface area contributed by atoms with Crippen molar-refractivity contribution in [2.45, 2.75) is 31.7 Å². The fourth-order valence-corrected chi connectivity index (χ4v) is 4.24. The number of allylic oxidation sites excluding steroid dienone is 1. The van der Waals surface area contributed by atoms with Gasteiger partial charge in [-0.1, -0.05) is 59.3 Å². The molecule has 1 N–H and O–H groups in total. The van der Waals surface area contributed by atoms with Crippen molar-refractivity contribution in [2.24, 2.45) is 0 Å². The maximum atomic E-state index is 12.2. The number of thioether (sulfide) groups is 1. The smallest absolute Gasteiger partial charge is 0.236 e. The molecule has 3 rings (SSSR count). The fraction of sp³-hybridized carbons (Fsp3) is 0.278. The molecule has 0 unspecified atom stereocenters. The van der Waals surface area contributed by atoms with Gasteiger partial charge in [0.15, 0.2) is 11.0 Å². The van der Waals surface area contributed by atoms with Gasteiger partial charge in [-0.15, -0.1) is 27.0 Å². The quantitative estimate of drug-likeness (QED) is 0.334. The minimum atomic E-state index is -0.197. The third-order valence-electron chi connectivity index (χ3n) is 3.70. The number of hydrogen-bond acceptors (Lipinski definition) is 8. The van der Waals surface area contributed by atoms with Crippen molar-refractivity contribution in [2.75, 3.05) is 11.1 Å². The van der Waals surface area contributed by atoms with Gasteiger partial charge in [0.05, 0.1) is 10.8 Å². The van der Waals surface area contributed by atoms with Crippen LogP contribution in [0.5, 0.6) is 5.75 Å². The molecular formula is C18H18Cl2N6O2S2.